The second-order valence-electron chi connectivity index (χ2n) is 5.43. The molecule has 0 fully saturated rings. The van der Waals surface area contributed by atoms with Crippen LogP contribution in [-0.4, -0.2) is 11.2 Å². The summed E-state index contributed by atoms with van der Waals surface area (Å²) in [6.45, 7) is 8.60. The zero-order valence-corrected chi connectivity index (χ0v) is 12.4. The highest BCUT2D eigenvalue weighted by molar-refractivity contribution is 5.81. The number of hydrogen-bond donors (Lipinski definition) is 0. The van der Waals surface area contributed by atoms with E-state index in [0.29, 0.717) is 0 Å². The van der Waals surface area contributed by atoms with Gasteiger partial charge in [0.05, 0.1) is 6.61 Å². The third-order valence-electron chi connectivity index (χ3n) is 3.51. The number of fused-ring (bicyclic) bond motifs is 1. The summed E-state index contributed by atoms with van der Waals surface area (Å²) in [5, 5.41) is 1.28. The molecule has 0 saturated heterocycles. The highest BCUT2D eigenvalue weighted by Gasteiger charge is 2.06. The van der Waals surface area contributed by atoms with Crippen LogP contribution in [0.4, 0.5) is 0 Å². The second kappa shape index (κ2) is 6.65. The van der Waals surface area contributed by atoms with E-state index in [-0.39, 0.29) is 0 Å². The van der Waals surface area contributed by atoms with Crippen molar-refractivity contribution in [2.45, 2.75) is 46.6 Å². The fourth-order valence-corrected chi connectivity index (χ4v) is 2.57. The Bertz CT molecular complexity index is 515. The molecule has 0 bridgehead atoms. The number of ether oxygens (including phenoxy) is 1. The van der Waals surface area contributed by atoms with Crippen LogP contribution in [0.25, 0.3) is 10.9 Å². The van der Waals surface area contributed by atoms with Crippen LogP contribution in [0.3, 0.4) is 0 Å². The van der Waals surface area contributed by atoms with Crippen LogP contribution in [0, 0.1) is 5.92 Å². The van der Waals surface area contributed by atoms with Crippen LogP contribution in [0.15, 0.2) is 30.5 Å². The van der Waals surface area contributed by atoms with E-state index >= 15 is 0 Å². The SMILES string of the molecule is CCCOc1ccc2c(ccn2CC(C)CCC)c1. The molecule has 0 N–H and O–H groups in total. The second-order valence-corrected chi connectivity index (χ2v) is 5.43. The summed E-state index contributed by atoms with van der Waals surface area (Å²) in [5.74, 6) is 1.71. The van der Waals surface area contributed by atoms with Gasteiger partial charge in [-0.2, -0.15) is 0 Å². The Morgan fingerprint density at radius 3 is 2.74 bits per heavy atom. The fourth-order valence-electron chi connectivity index (χ4n) is 2.57. The molecule has 1 heterocycles. The Morgan fingerprint density at radius 1 is 1.16 bits per heavy atom. The lowest BCUT2D eigenvalue weighted by atomic mass is 10.1. The third-order valence-corrected chi connectivity index (χ3v) is 3.51. The number of rotatable bonds is 7. The van der Waals surface area contributed by atoms with Crippen LogP contribution in [0.2, 0.25) is 0 Å². The predicted octanol–water partition coefficient (Wildman–Crippen LogP) is 4.87. The minimum Gasteiger partial charge on any atom is -0.494 e. The molecular formula is C17H25NO. The van der Waals surface area contributed by atoms with Gasteiger partial charge in [0.1, 0.15) is 5.75 Å². The maximum absolute atomic E-state index is 5.68. The van der Waals surface area contributed by atoms with E-state index < -0.39 is 0 Å². The molecule has 0 radical (unpaired) electrons. The highest BCUT2D eigenvalue weighted by Crippen LogP contribution is 2.23. The maximum Gasteiger partial charge on any atom is 0.120 e. The standard InChI is InChI=1S/C17H25NO/c1-4-6-14(3)13-18-10-9-15-12-16(19-11-5-2)7-8-17(15)18/h7-10,12,14H,4-6,11,13H2,1-3H3. The molecular weight excluding hydrogens is 234 g/mol. The van der Waals surface area contributed by atoms with Gasteiger partial charge in [-0.15, -0.1) is 0 Å². The van der Waals surface area contributed by atoms with Crippen molar-refractivity contribution >= 4 is 10.9 Å². The summed E-state index contributed by atoms with van der Waals surface area (Å²) < 4.78 is 8.04. The first-order valence-electron chi connectivity index (χ1n) is 7.46. The summed E-state index contributed by atoms with van der Waals surface area (Å²) >= 11 is 0. The lowest BCUT2D eigenvalue weighted by molar-refractivity contribution is 0.318. The lowest BCUT2D eigenvalue weighted by Gasteiger charge is -2.12. The molecule has 2 nitrogen and oxygen atoms in total. The number of aromatic nitrogens is 1. The molecule has 104 valence electrons. The van der Waals surface area contributed by atoms with E-state index in [1.165, 1.54) is 23.7 Å². The van der Waals surface area contributed by atoms with E-state index in [4.69, 9.17) is 4.74 Å². The summed E-state index contributed by atoms with van der Waals surface area (Å²) in [7, 11) is 0. The van der Waals surface area contributed by atoms with E-state index in [2.05, 4.69) is 55.8 Å². The third kappa shape index (κ3) is 3.52. The van der Waals surface area contributed by atoms with Gasteiger partial charge in [0, 0.05) is 23.6 Å². The van der Waals surface area contributed by atoms with Gasteiger partial charge in [0.25, 0.3) is 0 Å². The molecule has 1 atom stereocenters. The Kier molecular flexibility index (Phi) is 4.89. The summed E-state index contributed by atoms with van der Waals surface area (Å²) in [5.41, 5.74) is 1.31. The van der Waals surface area contributed by atoms with Gasteiger partial charge in [0.15, 0.2) is 0 Å². The fraction of sp³-hybridized carbons (Fsp3) is 0.529. The Labute approximate surface area is 116 Å². The van der Waals surface area contributed by atoms with Gasteiger partial charge >= 0.3 is 0 Å². The van der Waals surface area contributed by atoms with Crippen LogP contribution >= 0.6 is 0 Å². The first kappa shape index (κ1) is 14.0. The first-order chi connectivity index (χ1) is 9.24. The van der Waals surface area contributed by atoms with Crippen molar-refractivity contribution in [2.24, 2.45) is 5.92 Å². The molecule has 0 aliphatic rings. The minimum absolute atomic E-state index is 0.733. The van der Waals surface area contributed by atoms with Gasteiger partial charge in [0.2, 0.25) is 0 Å². The molecule has 1 aromatic heterocycles. The predicted molar refractivity (Wildman–Crippen MR) is 81.8 cm³/mol. The molecule has 0 saturated carbocycles. The van der Waals surface area contributed by atoms with Gasteiger partial charge in [-0.25, -0.2) is 0 Å². The lowest BCUT2D eigenvalue weighted by Crippen LogP contribution is -2.06. The summed E-state index contributed by atoms with van der Waals surface area (Å²) in [6.07, 6.45) is 5.79. The van der Waals surface area contributed by atoms with E-state index in [9.17, 15) is 0 Å². The van der Waals surface area contributed by atoms with Crippen molar-refractivity contribution in [3.63, 3.8) is 0 Å². The highest BCUT2D eigenvalue weighted by atomic mass is 16.5. The Hall–Kier alpha value is -1.44. The largest absolute Gasteiger partial charge is 0.494 e. The van der Waals surface area contributed by atoms with Crippen LogP contribution in [0.5, 0.6) is 5.75 Å². The zero-order valence-electron chi connectivity index (χ0n) is 12.4. The molecule has 0 aliphatic carbocycles. The van der Waals surface area contributed by atoms with Gasteiger partial charge in [-0.05, 0) is 43.0 Å². The normalized spacial score (nSPS) is 12.8. The number of benzene rings is 1. The molecule has 1 aromatic carbocycles. The van der Waals surface area contributed by atoms with Crippen molar-refractivity contribution < 1.29 is 4.74 Å². The van der Waals surface area contributed by atoms with Gasteiger partial charge < -0.3 is 9.30 Å². The minimum atomic E-state index is 0.733. The Morgan fingerprint density at radius 2 is 2.00 bits per heavy atom. The van der Waals surface area contributed by atoms with Gasteiger partial charge in [-0.1, -0.05) is 27.2 Å². The van der Waals surface area contributed by atoms with Crippen molar-refractivity contribution in [2.75, 3.05) is 6.61 Å². The summed E-state index contributed by atoms with van der Waals surface area (Å²) in [6, 6.07) is 8.59. The van der Waals surface area contributed by atoms with E-state index in [0.717, 1.165) is 31.2 Å². The van der Waals surface area contributed by atoms with Crippen molar-refractivity contribution in [1.82, 2.24) is 4.57 Å². The topological polar surface area (TPSA) is 14.2 Å². The van der Waals surface area contributed by atoms with Crippen LogP contribution < -0.4 is 4.74 Å². The van der Waals surface area contributed by atoms with Crippen molar-refractivity contribution in [3.8, 4) is 5.75 Å². The van der Waals surface area contributed by atoms with E-state index in [1.807, 2.05) is 0 Å². The Balaban J connectivity index is 2.14. The average molecular weight is 259 g/mol. The number of nitrogens with zero attached hydrogens (tertiary/aromatic N) is 1. The zero-order chi connectivity index (χ0) is 13.7. The molecule has 2 aromatic rings. The van der Waals surface area contributed by atoms with Crippen molar-refractivity contribution in [1.29, 1.82) is 0 Å². The van der Waals surface area contributed by atoms with Crippen LogP contribution in [0.1, 0.15) is 40.0 Å². The first-order valence-corrected chi connectivity index (χ1v) is 7.46. The van der Waals surface area contributed by atoms with Crippen molar-refractivity contribution in [3.05, 3.63) is 30.5 Å². The molecule has 1 unspecified atom stereocenters. The molecule has 0 amide bonds. The molecule has 19 heavy (non-hydrogen) atoms. The molecule has 0 spiro atoms. The quantitative estimate of drug-likeness (QED) is 0.692. The van der Waals surface area contributed by atoms with E-state index in [1.54, 1.807) is 0 Å². The summed E-state index contributed by atoms with van der Waals surface area (Å²) in [4.78, 5) is 0. The monoisotopic (exact) mass is 259 g/mol. The van der Waals surface area contributed by atoms with Gasteiger partial charge in [-0.3, -0.25) is 0 Å². The number of hydrogen-bond acceptors (Lipinski definition) is 1. The average Bonchev–Trinajstić information content (AvgIpc) is 2.79. The molecule has 0 aliphatic heterocycles. The smallest absolute Gasteiger partial charge is 0.120 e. The molecule has 2 rings (SSSR count). The van der Waals surface area contributed by atoms with Crippen LogP contribution in [-0.2, 0) is 6.54 Å². The maximum atomic E-state index is 5.68. The molecule has 2 heteroatoms.